The Morgan fingerprint density at radius 1 is 1.19 bits per heavy atom. The Labute approximate surface area is 201 Å². The minimum atomic E-state index is -0.993. The van der Waals surface area contributed by atoms with Crippen LogP contribution in [0.5, 0.6) is 11.5 Å². The molecule has 1 fully saturated rings. The van der Waals surface area contributed by atoms with Crippen LogP contribution in [-0.2, 0) is 6.42 Å². The van der Waals surface area contributed by atoms with Gasteiger partial charge in [0, 0.05) is 13.1 Å². The Kier molecular flexibility index (Phi) is 10.9. The maximum absolute atomic E-state index is 14.5. The lowest BCUT2D eigenvalue weighted by Gasteiger charge is -2.40. The molecule has 32 heavy (non-hydrogen) atoms. The number of piperidine rings is 1. The number of benzene rings is 2. The van der Waals surface area contributed by atoms with E-state index in [4.69, 9.17) is 10.5 Å². The van der Waals surface area contributed by atoms with Crippen LogP contribution in [0.3, 0.4) is 0 Å². The number of hydrogen-bond donors (Lipinski definition) is 2. The molecule has 0 saturated carbocycles. The molecule has 1 aliphatic heterocycles. The van der Waals surface area contributed by atoms with Gasteiger partial charge in [-0.15, -0.1) is 24.8 Å². The summed E-state index contributed by atoms with van der Waals surface area (Å²) >= 11 is 0. The molecule has 0 aromatic heterocycles. The van der Waals surface area contributed by atoms with Crippen LogP contribution < -0.4 is 10.5 Å². The van der Waals surface area contributed by atoms with E-state index in [1.165, 1.54) is 23.1 Å². The molecular formula is C23H32Cl2FN3O3. The predicted molar refractivity (Wildman–Crippen MR) is 129 cm³/mol. The number of likely N-dealkylation sites (N-methyl/N-ethyl adjacent to an activating group) is 1. The fourth-order valence-corrected chi connectivity index (χ4v) is 3.93. The molecule has 1 unspecified atom stereocenters. The molecule has 178 valence electrons. The van der Waals surface area contributed by atoms with Gasteiger partial charge >= 0.3 is 0 Å². The van der Waals surface area contributed by atoms with Gasteiger partial charge in [-0.2, -0.15) is 0 Å². The first-order chi connectivity index (χ1) is 14.3. The summed E-state index contributed by atoms with van der Waals surface area (Å²) in [6.45, 7) is 1.69. The molecular weight excluding hydrogens is 456 g/mol. The number of halogens is 3. The number of hydrogen-bond acceptors (Lipinski definition) is 5. The molecule has 2 aromatic carbocycles. The number of likely N-dealkylation sites (tertiary alicyclic amines) is 1. The second-order valence-electron chi connectivity index (χ2n) is 8.22. The molecule has 0 bridgehead atoms. The Hall–Kier alpha value is -1.90. The topological polar surface area (TPSA) is 79.0 Å². The molecule has 1 heterocycles. The van der Waals surface area contributed by atoms with Crippen LogP contribution in [0, 0.1) is 5.82 Å². The summed E-state index contributed by atoms with van der Waals surface area (Å²) in [6.07, 6.45) is 2.06. The van der Waals surface area contributed by atoms with Gasteiger partial charge in [-0.3, -0.25) is 4.79 Å². The van der Waals surface area contributed by atoms with Gasteiger partial charge in [-0.25, -0.2) is 4.39 Å². The average Bonchev–Trinajstić information content (AvgIpc) is 2.69. The van der Waals surface area contributed by atoms with Gasteiger partial charge in [0.15, 0.2) is 0 Å². The van der Waals surface area contributed by atoms with Gasteiger partial charge in [0.05, 0.1) is 17.7 Å². The largest absolute Gasteiger partial charge is 0.457 e. The molecule has 0 spiro atoms. The smallest absolute Gasteiger partial charge is 0.257 e. The highest BCUT2D eigenvalue weighted by atomic mass is 35.5. The van der Waals surface area contributed by atoms with Crippen molar-refractivity contribution in [1.82, 2.24) is 9.80 Å². The van der Waals surface area contributed by atoms with Gasteiger partial charge in [-0.1, -0.05) is 12.1 Å². The van der Waals surface area contributed by atoms with Gasteiger partial charge in [-0.05, 0) is 75.8 Å². The third-order valence-electron chi connectivity index (χ3n) is 5.21. The third kappa shape index (κ3) is 7.32. The van der Waals surface area contributed by atoms with Crippen molar-refractivity contribution in [2.24, 2.45) is 5.73 Å². The zero-order valence-corrected chi connectivity index (χ0v) is 20.1. The van der Waals surface area contributed by atoms with E-state index >= 15 is 0 Å². The number of carbonyl (C=O) groups is 1. The van der Waals surface area contributed by atoms with Crippen LogP contribution >= 0.6 is 24.8 Å². The van der Waals surface area contributed by atoms with Crippen molar-refractivity contribution in [2.45, 2.75) is 24.9 Å². The minimum absolute atomic E-state index is 0. The quantitative estimate of drug-likeness (QED) is 0.624. The number of carbonyl (C=O) groups excluding carboxylic acids is 1. The van der Waals surface area contributed by atoms with Crippen LogP contribution in [0.1, 0.15) is 28.8 Å². The fourth-order valence-electron chi connectivity index (χ4n) is 3.93. The lowest BCUT2D eigenvalue weighted by atomic mass is 9.92. The van der Waals surface area contributed by atoms with Crippen LogP contribution in [0.15, 0.2) is 42.5 Å². The van der Waals surface area contributed by atoms with Crippen LogP contribution in [0.4, 0.5) is 4.39 Å². The van der Waals surface area contributed by atoms with Crippen LogP contribution in [0.2, 0.25) is 0 Å². The average molecular weight is 488 g/mol. The summed E-state index contributed by atoms with van der Waals surface area (Å²) in [6, 6.07) is 11.7. The SMILES string of the molecule is CN(C)CC1(O)CCCN(C(=O)c2cc(Oc3ccc(CCN)cc3)ccc2F)C1.Cl.Cl. The number of amides is 1. The monoisotopic (exact) mass is 487 g/mol. The van der Waals surface area contributed by atoms with Crippen molar-refractivity contribution in [3.05, 3.63) is 59.4 Å². The molecule has 6 nitrogen and oxygen atoms in total. The summed E-state index contributed by atoms with van der Waals surface area (Å²) in [7, 11) is 3.75. The Morgan fingerprint density at radius 2 is 1.84 bits per heavy atom. The highest BCUT2D eigenvalue weighted by Crippen LogP contribution is 2.27. The number of aliphatic hydroxyl groups is 1. The Balaban J connectivity index is 0.00000256. The summed E-state index contributed by atoms with van der Waals surface area (Å²) in [5.41, 5.74) is 5.62. The summed E-state index contributed by atoms with van der Waals surface area (Å²) < 4.78 is 20.3. The number of rotatable bonds is 7. The number of nitrogens with two attached hydrogens (primary N) is 1. The molecule has 3 rings (SSSR count). The highest BCUT2D eigenvalue weighted by Gasteiger charge is 2.36. The van der Waals surface area contributed by atoms with E-state index in [1.54, 1.807) is 0 Å². The normalized spacial score (nSPS) is 18.0. The highest BCUT2D eigenvalue weighted by molar-refractivity contribution is 5.95. The van der Waals surface area contributed by atoms with Crippen molar-refractivity contribution in [2.75, 3.05) is 40.3 Å². The molecule has 3 N–H and O–H groups in total. The van der Waals surface area contributed by atoms with E-state index in [9.17, 15) is 14.3 Å². The molecule has 1 amide bonds. The lowest BCUT2D eigenvalue weighted by Crippen LogP contribution is -2.54. The Morgan fingerprint density at radius 3 is 2.47 bits per heavy atom. The first-order valence-electron chi connectivity index (χ1n) is 10.2. The summed E-state index contributed by atoms with van der Waals surface area (Å²) in [4.78, 5) is 16.4. The van der Waals surface area contributed by atoms with E-state index in [0.717, 1.165) is 12.0 Å². The van der Waals surface area contributed by atoms with Crippen molar-refractivity contribution in [1.29, 1.82) is 0 Å². The molecule has 2 aromatic rings. The molecule has 0 aliphatic carbocycles. The lowest BCUT2D eigenvalue weighted by molar-refractivity contribution is -0.0392. The maximum Gasteiger partial charge on any atom is 0.257 e. The number of nitrogens with zero attached hydrogens (tertiary/aromatic N) is 2. The van der Waals surface area contributed by atoms with Crippen LogP contribution in [-0.4, -0.2) is 66.7 Å². The second-order valence-corrected chi connectivity index (χ2v) is 8.22. The molecule has 1 atom stereocenters. The van der Waals surface area contributed by atoms with Gasteiger partial charge in [0.1, 0.15) is 17.3 Å². The number of ether oxygens (including phenoxy) is 1. The fraction of sp³-hybridized carbons (Fsp3) is 0.435. The zero-order chi connectivity index (χ0) is 21.7. The van der Waals surface area contributed by atoms with Gasteiger partial charge in [0.25, 0.3) is 5.91 Å². The predicted octanol–water partition coefficient (Wildman–Crippen LogP) is 3.49. The molecule has 0 radical (unpaired) electrons. The Bertz CT molecular complexity index is 883. The first kappa shape index (κ1) is 28.1. The minimum Gasteiger partial charge on any atom is -0.457 e. The van der Waals surface area contributed by atoms with Crippen LogP contribution in [0.25, 0.3) is 0 Å². The van der Waals surface area contributed by atoms with E-state index < -0.39 is 17.3 Å². The van der Waals surface area contributed by atoms with Crippen molar-refractivity contribution in [3.8, 4) is 11.5 Å². The third-order valence-corrected chi connectivity index (χ3v) is 5.21. The van der Waals surface area contributed by atoms with E-state index in [0.29, 0.717) is 44.0 Å². The van der Waals surface area contributed by atoms with Crippen molar-refractivity contribution >= 4 is 30.7 Å². The summed E-state index contributed by atoms with van der Waals surface area (Å²) in [5.74, 6) is -0.0634. The van der Waals surface area contributed by atoms with E-state index in [2.05, 4.69) is 0 Å². The zero-order valence-electron chi connectivity index (χ0n) is 18.4. The van der Waals surface area contributed by atoms with Gasteiger partial charge < -0.3 is 25.4 Å². The molecule has 9 heteroatoms. The van der Waals surface area contributed by atoms with E-state index in [-0.39, 0.29) is 36.9 Å². The summed E-state index contributed by atoms with van der Waals surface area (Å²) in [5, 5.41) is 10.8. The second kappa shape index (κ2) is 12.4. The molecule has 1 aliphatic rings. The first-order valence-corrected chi connectivity index (χ1v) is 10.2. The standard InChI is InChI=1S/C23H30FN3O3.2ClH/c1-26(2)15-23(29)11-3-13-27(16-23)22(28)20-14-19(8-9-21(20)24)30-18-6-4-17(5-7-18)10-12-25;;/h4-9,14,29H,3,10-13,15-16,25H2,1-2H3;2*1H. The molecule has 1 saturated heterocycles. The van der Waals surface area contributed by atoms with Crippen molar-refractivity contribution < 1.29 is 19.0 Å². The van der Waals surface area contributed by atoms with Crippen molar-refractivity contribution in [3.63, 3.8) is 0 Å². The van der Waals surface area contributed by atoms with Gasteiger partial charge in [0.2, 0.25) is 0 Å². The maximum atomic E-state index is 14.5. The van der Waals surface area contributed by atoms with E-state index in [1.807, 2.05) is 43.3 Å². The number of β-amino-alcohol motifs (C(OH)–C–C–N with tert-alkyl or cyclic N) is 1.